The summed E-state index contributed by atoms with van der Waals surface area (Å²) in [4.78, 5) is 44.1. The summed E-state index contributed by atoms with van der Waals surface area (Å²) in [5.41, 5.74) is 1.03. The summed E-state index contributed by atoms with van der Waals surface area (Å²) in [6.45, 7) is 6.01. The van der Waals surface area contributed by atoms with Crippen LogP contribution in [0.2, 0.25) is 0 Å². The second kappa shape index (κ2) is 22.4. The van der Waals surface area contributed by atoms with Crippen LogP contribution in [0, 0.1) is 47.3 Å². The number of amides is 1. The third-order valence-electron chi connectivity index (χ3n) is 16.3. The van der Waals surface area contributed by atoms with Gasteiger partial charge < -0.3 is 24.5 Å². The molecule has 7 rings (SSSR count). The molecular formula is C45H70N2Na2O10S2. The average molecular weight is 909 g/mol. The summed E-state index contributed by atoms with van der Waals surface area (Å²) in [5.74, 6) is -3.13. The van der Waals surface area contributed by atoms with Crippen molar-refractivity contribution in [2.24, 2.45) is 47.3 Å². The topological polar surface area (TPSA) is 199 Å². The Hall–Kier alpha value is 0.290. The summed E-state index contributed by atoms with van der Waals surface area (Å²) in [5, 5.41) is 4.85. The van der Waals surface area contributed by atoms with E-state index >= 15 is 4.79 Å². The maximum atomic E-state index is 15.0. The predicted molar refractivity (Wildman–Crippen MR) is 222 cm³/mol. The Labute approximate surface area is 410 Å². The first-order valence-corrected chi connectivity index (χ1v) is 26.5. The average Bonchev–Trinajstić information content (AvgIpc) is 3.19. The van der Waals surface area contributed by atoms with Crippen molar-refractivity contribution in [2.75, 3.05) is 0 Å². The SMILES string of the molecule is CCCCCCCCC1CCC(OC2CC(NC3C(C)CCC(S(=O)(=O)[O-])C3C)C3C(=O)C4CCCCC4C4=C(C(=O)C5CCCCC5)C(=O)NC2C43)CC1S(=O)(=O)[O-].[Na+].[Na+]. The fourth-order valence-corrected chi connectivity index (χ4v) is 15.7. The van der Waals surface area contributed by atoms with Gasteiger partial charge in [0.15, 0.2) is 5.78 Å². The number of ether oxygens (including phenoxy) is 1. The molecule has 6 aliphatic carbocycles. The second-order valence-corrected chi connectivity index (χ2v) is 23.1. The van der Waals surface area contributed by atoms with Crippen LogP contribution < -0.4 is 69.7 Å². The minimum atomic E-state index is -4.63. The third-order valence-corrected chi connectivity index (χ3v) is 19.1. The van der Waals surface area contributed by atoms with Crippen LogP contribution >= 0.6 is 0 Å². The summed E-state index contributed by atoms with van der Waals surface area (Å²) in [7, 11) is -9.21. The molecule has 1 aliphatic heterocycles. The normalized spacial score (nSPS) is 38.3. The largest absolute Gasteiger partial charge is 1.00 e. The van der Waals surface area contributed by atoms with Crippen molar-refractivity contribution in [2.45, 2.75) is 203 Å². The Morgan fingerprint density at radius 3 is 2.07 bits per heavy atom. The number of hydrogen-bond donors (Lipinski definition) is 2. The van der Waals surface area contributed by atoms with Crippen LogP contribution in [0.3, 0.4) is 0 Å². The first-order chi connectivity index (χ1) is 28.1. The Bertz CT molecular complexity index is 1810. The van der Waals surface area contributed by atoms with Gasteiger partial charge in [-0.05, 0) is 99.9 Å². The molecule has 0 aromatic carbocycles. The standard InChI is InChI=1S/C45H72N2O10S2.2Na/c1-4-5-6-7-8-10-15-28-21-22-30(24-36(28)59(54,55)56)57-34-25-33(46-41-26(2)20-23-35(27(41)3)58(51,52)53)38-39-37(31-18-13-14-19-32(31)44(38)49)40(45(50)47-42(34)39)43(48)29-16-11-9-12-17-29;;/h26-36,38-39,41-42,46H,4-25H2,1-3H3,(H,47,50)(H,51,52,53)(H,54,55,56);;/q;2*+1/p-2. The van der Waals surface area contributed by atoms with Gasteiger partial charge in [0.05, 0.1) is 54.6 Å². The minimum absolute atomic E-state index is 0. The molecule has 16 heteroatoms. The van der Waals surface area contributed by atoms with E-state index in [0.29, 0.717) is 38.5 Å². The van der Waals surface area contributed by atoms with E-state index in [1.165, 1.54) is 6.42 Å². The number of Topliss-reactive ketones (excluding diaryl/α,β-unsaturated/α-hetero) is 2. The molecule has 6 saturated carbocycles. The zero-order valence-corrected chi connectivity index (χ0v) is 43.2. The summed E-state index contributed by atoms with van der Waals surface area (Å²) in [6.07, 6.45) is 15.7. The molecule has 2 N–H and O–H groups in total. The fraction of sp³-hybridized carbons (Fsp3) is 0.889. The molecule has 0 aromatic heterocycles. The van der Waals surface area contributed by atoms with Gasteiger partial charge in [-0.15, -0.1) is 0 Å². The van der Waals surface area contributed by atoms with Crippen molar-refractivity contribution in [3.05, 3.63) is 11.1 Å². The van der Waals surface area contributed by atoms with E-state index in [2.05, 4.69) is 17.6 Å². The third kappa shape index (κ3) is 11.5. The molecule has 0 spiro atoms. The Morgan fingerprint density at radius 2 is 1.39 bits per heavy atom. The molecule has 1 amide bonds. The van der Waals surface area contributed by atoms with Crippen LogP contribution in [0.15, 0.2) is 11.1 Å². The molecule has 0 bridgehead atoms. The molecule has 6 fully saturated rings. The maximum Gasteiger partial charge on any atom is 1.00 e. The number of fused-ring (bicyclic) bond motifs is 2. The monoisotopic (exact) mass is 908 g/mol. The maximum absolute atomic E-state index is 15.0. The fourth-order valence-electron chi connectivity index (χ4n) is 13.4. The minimum Gasteiger partial charge on any atom is -0.748 e. The molecule has 14 atom stereocenters. The van der Waals surface area contributed by atoms with Gasteiger partial charge in [0.2, 0.25) is 0 Å². The van der Waals surface area contributed by atoms with E-state index in [1.54, 1.807) is 6.92 Å². The van der Waals surface area contributed by atoms with Crippen molar-refractivity contribution < 1.29 is 104 Å². The molecule has 14 unspecified atom stereocenters. The van der Waals surface area contributed by atoms with Gasteiger partial charge in [-0.1, -0.05) is 91.4 Å². The van der Waals surface area contributed by atoms with E-state index in [9.17, 15) is 35.5 Å². The predicted octanol–water partition coefficient (Wildman–Crippen LogP) is 0.489. The molecule has 7 aliphatic rings. The summed E-state index contributed by atoms with van der Waals surface area (Å²) in [6, 6.07) is -1.55. The van der Waals surface area contributed by atoms with Crippen LogP contribution in [0.1, 0.15) is 162 Å². The number of nitrogens with one attached hydrogen (secondary N) is 2. The molecular weight excluding hydrogens is 839 g/mol. The molecule has 0 aromatic rings. The summed E-state index contributed by atoms with van der Waals surface area (Å²) >= 11 is 0. The van der Waals surface area contributed by atoms with Crippen molar-refractivity contribution in [1.29, 1.82) is 0 Å². The zero-order valence-electron chi connectivity index (χ0n) is 37.6. The van der Waals surface area contributed by atoms with E-state index in [0.717, 1.165) is 82.6 Å². The van der Waals surface area contributed by atoms with Gasteiger partial charge in [0.25, 0.3) is 5.91 Å². The zero-order chi connectivity index (χ0) is 42.2. The molecule has 61 heavy (non-hydrogen) atoms. The van der Waals surface area contributed by atoms with E-state index in [4.69, 9.17) is 4.74 Å². The van der Waals surface area contributed by atoms with Gasteiger partial charge in [-0.25, -0.2) is 16.8 Å². The van der Waals surface area contributed by atoms with Gasteiger partial charge in [0, 0.05) is 35.8 Å². The number of unbranched alkanes of at least 4 members (excludes halogenated alkanes) is 5. The van der Waals surface area contributed by atoms with Crippen molar-refractivity contribution in [3.63, 3.8) is 0 Å². The first kappa shape index (κ1) is 52.3. The van der Waals surface area contributed by atoms with Crippen LogP contribution in [-0.2, 0) is 39.4 Å². The molecule has 0 radical (unpaired) electrons. The smallest absolute Gasteiger partial charge is 0.748 e. The molecule has 0 saturated heterocycles. The number of rotatable bonds is 15. The van der Waals surface area contributed by atoms with Crippen molar-refractivity contribution >= 4 is 37.7 Å². The molecule has 334 valence electrons. The van der Waals surface area contributed by atoms with Crippen LogP contribution in [0.4, 0.5) is 0 Å². The van der Waals surface area contributed by atoms with E-state index in [-0.39, 0.29) is 125 Å². The second-order valence-electron chi connectivity index (χ2n) is 19.9. The van der Waals surface area contributed by atoms with Crippen molar-refractivity contribution in [3.8, 4) is 0 Å². The van der Waals surface area contributed by atoms with Crippen LogP contribution in [0.25, 0.3) is 0 Å². The van der Waals surface area contributed by atoms with Crippen LogP contribution in [-0.4, -0.2) is 84.2 Å². The van der Waals surface area contributed by atoms with E-state index < -0.39 is 84.7 Å². The number of hydrogen-bond acceptors (Lipinski definition) is 11. The quantitative estimate of drug-likeness (QED) is 0.100. The molecule has 12 nitrogen and oxygen atoms in total. The number of ketones is 2. The summed E-state index contributed by atoms with van der Waals surface area (Å²) < 4.78 is 82.9. The van der Waals surface area contributed by atoms with Crippen LogP contribution in [0.5, 0.6) is 0 Å². The van der Waals surface area contributed by atoms with Crippen molar-refractivity contribution in [1.82, 2.24) is 10.6 Å². The molecule has 1 heterocycles. The Morgan fingerprint density at radius 1 is 0.754 bits per heavy atom. The van der Waals surface area contributed by atoms with Gasteiger partial charge in [0.1, 0.15) is 5.78 Å². The Kier molecular flexibility index (Phi) is 19.2. The van der Waals surface area contributed by atoms with E-state index in [1.807, 2.05) is 6.92 Å². The van der Waals surface area contributed by atoms with Gasteiger partial charge >= 0.3 is 59.1 Å². The van der Waals surface area contributed by atoms with Gasteiger partial charge in [-0.2, -0.15) is 0 Å². The number of carbonyl (C=O) groups is 3. The number of carbonyl (C=O) groups excluding carboxylic acids is 3. The Balaban J connectivity index is 0.00000352. The first-order valence-electron chi connectivity index (χ1n) is 23.5. The van der Waals surface area contributed by atoms with Gasteiger partial charge in [-0.3, -0.25) is 14.4 Å².